The third-order valence-electron chi connectivity index (χ3n) is 6.09. The molecule has 2 amide bonds. The Bertz CT molecular complexity index is 986. The number of nitrogens with zero attached hydrogens (tertiary/aromatic N) is 3. The number of hydrogen-bond donors (Lipinski definition) is 2. The quantitative estimate of drug-likeness (QED) is 0.606. The van der Waals surface area contributed by atoms with E-state index in [0.29, 0.717) is 37.7 Å². The second kappa shape index (κ2) is 9.42. The fourth-order valence-corrected chi connectivity index (χ4v) is 3.99. The molecule has 0 spiro atoms. The van der Waals surface area contributed by atoms with Crippen molar-refractivity contribution in [1.29, 1.82) is 0 Å². The maximum atomic E-state index is 13.2. The fraction of sp³-hybridized carbons (Fsp3) is 0.435. The molecule has 2 aromatic rings. The van der Waals surface area contributed by atoms with E-state index in [2.05, 4.69) is 17.0 Å². The number of halogens is 1. The van der Waals surface area contributed by atoms with Gasteiger partial charge < -0.3 is 20.7 Å². The zero-order valence-corrected chi connectivity index (χ0v) is 17.9. The van der Waals surface area contributed by atoms with Crippen molar-refractivity contribution in [2.24, 2.45) is 17.6 Å². The zero-order chi connectivity index (χ0) is 22.7. The first kappa shape index (κ1) is 21.9. The molecule has 170 valence electrons. The van der Waals surface area contributed by atoms with E-state index in [-0.39, 0.29) is 35.3 Å². The Balaban J connectivity index is 1.51. The number of aromatic nitrogens is 2. The van der Waals surface area contributed by atoms with E-state index in [4.69, 9.17) is 10.5 Å². The van der Waals surface area contributed by atoms with Gasteiger partial charge in [-0.25, -0.2) is 9.18 Å². The molecule has 2 aliphatic rings. The first-order valence-electron chi connectivity index (χ1n) is 10.9. The number of anilines is 2. The standard InChI is InChI=1S/C23H28FN5O3/c1-2-16-9-11-28(23(31)32-12-10-15-3-4-15)14-20(16)29-13-19(21(25)30)22(27-29)26-18-7-5-17(24)6-8-18/h2,5-8,13,15-16,20H,1,3-4,9-12,14H2,(H2,25,30)(H,26,27)/t16-,20-/m1/s1. The van der Waals surface area contributed by atoms with Crippen molar-refractivity contribution in [1.82, 2.24) is 14.7 Å². The summed E-state index contributed by atoms with van der Waals surface area (Å²) < 4.78 is 20.3. The first-order valence-corrected chi connectivity index (χ1v) is 10.9. The number of nitrogens with one attached hydrogen (secondary N) is 1. The van der Waals surface area contributed by atoms with Gasteiger partial charge in [-0.1, -0.05) is 18.9 Å². The Morgan fingerprint density at radius 3 is 2.69 bits per heavy atom. The number of carbonyl (C=O) groups excluding carboxylic acids is 2. The van der Waals surface area contributed by atoms with Crippen LogP contribution in [0.25, 0.3) is 0 Å². The van der Waals surface area contributed by atoms with E-state index < -0.39 is 5.91 Å². The largest absolute Gasteiger partial charge is 0.449 e. The maximum absolute atomic E-state index is 13.2. The molecule has 2 heterocycles. The molecule has 1 saturated heterocycles. The molecule has 1 aliphatic carbocycles. The number of ether oxygens (including phenoxy) is 1. The summed E-state index contributed by atoms with van der Waals surface area (Å²) in [4.78, 5) is 26.3. The molecule has 32 heavy (non-hydrogen) atoms. The molecule has 3 N–H and O–H groups in total. The highest BCUT2D eigenvalue weighted by Crippen LogP contribution is 2.33. The van der Waals surface area contributed by atoms with Gasteiger partial charge in [0.15, 0.2) is 5.82 Å². The van der Waals surface area contributed by atoms with E-state index in [1.165, 1.54) is 25.0 Å². The fourth-order valence-electron chi connectivity index (χ4n) is 3.99. The first-order chi connectivity index (χ1) is 15.4. The van der Waals surface area contributed by atoms with Gasteiger partial charge in [-0.15, -0.1) is 6.58 Å². The van der Waals surface area contributed by atoms with Crippen LogP contribution in [0, 0.1) is 17.7 Å². The van der Waals surface area contributed by atoms with Crippen LogP contribution in [0.1, 0.15) is 42.1 Å². The lowest BCUT2D eigenvalue weighted by molar-refractivity contribution is 0.0737. The maximum Gasteiger partial charge on any atom is 0.409 e. The predicted octanol–water partition coefficient (Wildman–Crippen LogP) is 3.85. The van der Waals surface area contributed by atoms with E-state index in [9.17, 15) is 14.0 Å². The second-order valence-corrected chi connectivity index (χ2v) is 8.42. The van der Waals surface area contributed by atoms with Crippen LogP contribution < -0.4 is 11.1 Å². The van der Waals surface area contributed by atoms with E-state index >= 15 is 0 Å². The monoisotopic (exact) mass is 441 g/mol. The van der Waals surface area contributed by atoms with E-state index in [1.54, 1.807) is 27.9 Å². The number of piperidine rings is 1. The van der Waals surface area contributed by atoms with Crippen molar-refractivity contribution >= 4 is 23.5 Å². The number of benzene rings is 1. The molecule has 9 heteroatoms. The van der Waals surface area contributed by atoms with Gasteiger partial charge in [0.25, 0.3) is 5.91 Å². The van der Waals surface area contributed by atoms with E-state index in [1.807, 2.05) is 6.08 Å². The smallest absolute Gasteiger partial charge is 0.409 e. The molecule has 1 saturated carbocycles. The third-order valence-corrected chi connectivity index (χ3v) is 6.09. The number of nitrogens with two attached hydrogens (primary N) is 1. The minimum absolute atomic E-state index is 0.0600. The molecule has 1 aromatic carbocycles. The molecule has 8 nitrogen and oxygen atoms in total. The average molecular weight is 442 g/mol. The van der Waals surface area contributed by atoms with Gasteiger partial charge in [-0.3, -0.25) is 9.48 Å². The normalized spacial score (nSPS) is 20.6. The number of primary amides is 1. The van der Waals surface area contributed by atoms with Gasteiger partial charge >= 0.3 is 6.09 Å². The van der Waals surface area contributed by atoms with Gasteiger partial charge in [0.1, 0.15) is 11.4 Å². The van der Waals surface area contributed by atoms with Gasteiger partial charge in [-0.05, 0) is 43.0 Å². The van der Waals surface area contributed by atoms with Crippen LogP contribution in [0.15, 0.2) is 43.1 Å². The summed E-state index contributed by atoms with van der Waals surface area (Å²) >= 11 is 0. The summed E-state index contributed by atoms with van der Waals surface area (Å²) in [5, 5.41) is 7.56. The summed E-state index contributed by atoms with van der Waals surface area (Å²) in [6.07, 6.45) is 7.16. The van der Waals surface area contributed by atoms with E-state index in [0.717, 1.165) is 6.42 Å². The minimum atomic E-state index is -0.636. The highest BCUT2D eigenvalue weighted by molar-refractivity contribution is 5.98. The molecular formula is C23H28FN5O3. The molecule has 4 rings (SSSR count). The lowest BCUT2D eigenvalue weighted by Crippen LogP contribution is -2.44. The van der Waals surface area contributed by atoms with Crippen molar-refractivity contribution in [3.8, 4) is 0 Å². The van der Waals surface area contributed by atoms with Crippen molar-refractivity contribution in [3.63, 3.8) is 0 Å². The van der Waals surface area contributed by atoms with Crippen LogP contribution in [0.2, 0.25) is 0 Å². The number of amides is 2. The number of rotatable bonds is 8. The topological polar surface area (TPSA) is 102 Å². The highest BCUT2D eigenvalue weighted by Gasteiger charge is 2.33. The summed E-state index contributed by atoms with van der Waals surface area (Å²) in [5.41, 5.74) is 6.35. The predicted molar refractivity (Wildman–Crippen MR) is 118 cm³/mol. The highest BCUT2D eigenvalue weighted by atomic mass is 19.1. The van der Waals surface area contributed by atoms with Gasteiger partial charge in [0, 0.05) is 30.9 Å². The molecule has 2 fully saturated rings. The number of allylic oxidation sites excluding steroid dienone is 1. The lowest BCUT2D eigenvalue weighted by atomic mass is 9.92. The molecule has 1 aliphatic heterocycles. The minimum Gasteiger partial charge on any atom is -0.449 e. The van der Waals surface area contributed by atoms with Crippen LogP contribution in [0.4, 0.5) is 20.7 Å². The molecule has 1 aromatic heterocycles. The van der Waals surface area contributed by atoms with Crippen LogP contribution in [-0.2, 0) is 4.74 Å². The van der Waals surface area contributed by atoms with Crippen molar-refractivity contribution in [3.05, 3.63) is 54.5 Å². The Morgan fingerprint density at radius 1 is 1.28 bits per heavy atom. The zero-order valence-electron chi connectivity index (χ0n) is 17.9. The molecule has 0 unspecified atom stereocenters. The molecule has 0 bridgehead atoms. The molecular weight excluding hydrogens is 413 g/mol. The number of hydrogen-bond acceptors (Lipinski definition) is 5. The second-order valence-electron chi connectivity index (χ2n) is 8.42. The van der Waals surface area contributed by atoms with Crippen molar-refractivity contribution < 1.29 is 18.7 Å². The third kappa shape index (κ3) is 5.09. The van der Waals surface area contributed by atoms with Gasteiger partial charge in [-0.2, -0.15) is 5.10 Å². The Labute approximate surface area is 186 Å². The number of carbonyl (C=O) groups is 2. The van der Waals surface area contributed by atoms with Gasteiger partial charge in [0.05, 0.1) is 12.6 Å². The summed E-state index contributed by atoms with van der Waals surface area (Å²) in [6, 6.07) is 5.49. The SMILES string of the molecule is C=C[C@@H]1CCN(C(=O)OCCC2CC2)C[C@H]1n1cc(C(N)=O)c(Nc2ccc(F)cc2)n1. The Hall–Kier alpha value is -3.36. The summed E-state index contributed by atoms with van der Waals surface area (Å²) in [5.74, 6) is 0.0331. The summed E-state index contributed by atoms with van der Waals surface area (Å²) in [6.45, 7) is 5.32. The van der Waals surface area contributed by atoms with Crippen molar-refractivity contribution in [2.75, 3.05) is 25.0 Å². The van der Waals surface area contributed by atoms with Crippen molar-refractivity contribution in [2.45, 2.75) is 31.7 Å². The lowest BCUT2D eigenvalue weighted by Gasteiger charge is -2.36. The van der Waals surface area contributed by atoms with Crippen LogP contribution in [0.5, 0.6) is 0 Å². The Morgan fingerprint density at radius 2 is 2.03 bits per heavy atom. The average Bonchev–Trinajstić information content (AvgIpc) is 3.51. The van der Waals surface area contributed by atoms with Crippen LogP contribution >= 0.6 is 0 Å². The molecule has 0 radical (unpaired) electrons. The van der Waals surface area contributed by atoms with Crippen LogP contribution in [-0.4, -0.2) is 46.4 Å². The number of likely N-dealkylation sites (tertiary alicyclic amines) is 1. The van der Waals surface area contributed by atoms with Crippen LogP contribution in [0.3, 0.4) is 0 Å². The van der Waals surface area contributed by atoms with Gasteiger partial charge in [0.2, 0.25) is 0 Å². The summed E-state index contributed by atoms with van der Waals surface area (Å²) in [7, 11) is 0. The Kier molecular flexibility index (Phi) is 6.43. The molecule has 2 atom stereocenters.